The summed E-state index contributed by atoms with van der Waals surface area (Å²) in [6.07, 6.45) is 3.23. The molecular weight excluding hydrogens is 500 g/mol. The average Bonchev–Trinajstić information content (AvgIpc) is 3.29. The number of carbonyl (C=O) groups excluding carboxylic acids is 1. The smallest absolute Gasteiger partial charge is 0.257 e. The lowest BCUT2D eigenvalue weighted by molar-refractivity contribution is 0.102. The van der Waals surface area contributed by atoms with Crippen molar-refractivity contribution in [2.75, 3.05) is 5.32 Å². The monoisotopic (exact) mass is 516 g/mol. The number of hydrogen-bond donors (Lipinski definition) is 1. The van der Waals surface area contributed by atoms with Crippen molar-refractivity contribution in [3.63, 3.8) is 0 Å². The van der Waals surface area contributed by atoms with Crippen LogP contribution in [0.1, 0.15) is 34.1 Å². The molecule has 1 aliphatic carbocycles. The van der Waals surface area contributed by atoms with Gasteiger partial charge in [-0.25, -0.2) is 4.98 Å². The highest BCUT2D eigenvalue weighted by Gasteiger charge is 2.27. The molecule has 0 spiro atoms. The molecule has 2 aromatic carbocycles. The molecule has 3 nitrogen and oxygen atoms in total. The quantitative estimate of drug-likeness (QED) is 0.301. The maximum atomic E-state index is 13.1. The number of anilines is 1. The second-order valence-electron chi connectivity index (χ2n) is 7.62. The Balaban J connectivity index is 1.61. The third kappa shape index (κ3) is 3.71. The maximum absolute atomic E-state index is 13.1. The van der Waals surface area contributed by atoms with Crippen LogP contribution in [0.3, 0.4) is 0 Å². The lowest BCUT2D eigenvalue weighted by Crippen LogP contribution is -2.12. The van der Waals surface area contributed by atoms with E-state index in [2.05, 4.69) is 34.2 Å². The molecule has 5 rings (SSSR count). The summed E-state index contributed by atoms with van der Waals surface area (Å²) in [4.78, 5) is 19.3. The van der Waals surface area contributed by atoms with Gasteiger partial charge in [-0.2, -0.15) is 0 Å². The van der Waals surface area contributed by atoms with Crippen LogP contribution >= 0.6 is 50.2 Å². The first kappa shape index (κ1) is 20.2. The second-order valence-corrected chi connectivity index (χ2v) is 11.1. The SMILES string of the molecule is CC1CCc2c(sc(NC(=O)c3cc(Br)ccc3Cl)c2-c2nc3ccccc3s2)C1. The number of amides is 1. The van der Waals surface area contributed by atoms with E-state index < -0.39 is 0 Å². The number of benzene rings is 2. The molecule has 0 aliphatic heterocycles. The van der Waals surface area contributed by atoms with E-state index in [-0.39, 0.29) is 5.91 Å². The van der Waals surface area contributed by atoms with Gasteiger partial charge >= 0.3 is 0 Å². The molecule has 1 aliphatic rings. The van der Waals surface area contributed by atoms with Gasteiger partial charge in [-0.05, 0) is 61.1 Å². The van der Waals surface area contributed by atoms with Crippen molar-refractivity contribution >= 4 is 71.3 Å². The number of fused-ring (bicyclic) bond motifs is 2. The van der Waals surface area contributed by atoms with Crippen LogP contribution < -0.4 is 5.32 Å². The average molecular weight is 518 g/mol. The number of hydrogen-bond acceptors (Lipinski definition) is 4. The van der Waals surface area contributed by atoms with Crippen molar-refractivity contribution in [2.24, 2.45) is 5.92 Å². The third-order valence-corrected chi connectivity index (χ3v) is 8.47. The molecule has 0 fully saturated rings. The van der Waals surface area contributed by atoms with E-state index >= 15 is 0 Å². The first-order chi connectivity index (χ1) is 14.5. The molecule has 2 heterocycles. The molecule has 0 saturated heterocycles. The van der Waals surface area contributed by atoms with E-state index in [1.165, 1.54) is 10.4 Å². The van der Waals surface area contributed by atoms with Gasteiger partial charge in [-0.1, -0.05) is 46.6 Å². The van der Waals surface area contributed by atoms with Crippen LogP contribution in [-0.2, 0) is 12.8 Å². The van der Waals surface area contributed by atoms with Crippen molar-refractivity contribution in [1.82, 2.24) is 4.98 Å². The minimum Gasteiger partial charge on any atom is -0.313 e. The van der Waals surface area contributed by atoms with Crippen LogP contribution in [0.15, 0.2) is 46.9 Å². The number of rotatable bonds is 3. The summed E-state index contributed by atoms with van der Waals surface area (Å²) in [5.41, 5.74) is 3.88. The van der Waals surface area contributed by atoms with Gasteiger partial charge in [0.25, 0.3) is 5.91 Å². The lowest BCUT2D eigenvalue weighted by atomic mass is 9.88. The van der Waals surface area contributed by atoms with E-state index in [1.807, 2.05) is 24.3 Å². The Kier molecular flexibility index (Phi) is 5.44. The molecule has 1 unspecified atom stereocenters. The molecule has 0 saturated carbocycles. The predicted molar refractivity (Wildman–Crippen MR) is 131 cm³/mol. The fourth-order valence-electron chi connectivity index (χ4n) is 3.89. The van der Waals surface area contributed by atoms with E-state index in [4.69, 9.17) is 16.6 Å². The minimum absolute atomic E-state index is 0.199. The number of thiophene rings is 1. The van der Waals surface area contributed by atoms with Crippen LogP contribution in [0.2, 0.25) is 5.02 Å². The zero-order chi connectivity index (χ0) is 20.8. The first-order valence-electron chi connectivity index (χ1n) is 9.76. The van der Waals surface area contributed by atoms with Gasteiger partial charge in [-0.3, -0.25) is 4.79 Å². The zero-order valence-corrected chi connectivity index (χ0v) is 20.1. The van der Waals surface area contributed by atoms with Crippen LogP contribution in [0, 0.1) is 5.92 Å². The van der Waals surface area contributed by atoms with E-state index in [1.54, 1.807) is 34.8 Å². The molecular formula is C23H18BrClN2OS2. The summed E-state index contributed by atoms with van der Waals surface area (Å²) < 4.78 is 1.98. The summed E-state index contributed by atoms with van der Waals surface area (Å²) in [7, 11) is 0. The van der Waals surface area contributed by atoms with Crippen LogP contribution in [0.25, 0.3) is 20.8 Å². The van der Waals surface area contributed by atoms with Gasteiger partial charge in [0.2, 0.25) is 0 Å². The molecule has 2 aromatic heterocycles. The molecule has 1 amide bonds. The van der Waals surface area contributed by atoms with Crippen molar-refractivity contribution in [3.05, 3.63) is 68.0 Å². The van der Waals surface area contributed by atoms with E-state index in [0.717, 1.165) is 49.5 Å². The van der Waals surface area contributed by atoms with Gasteiger partial charge in [0.15, 0.2) is 0 Å². The van der Waals surface area contributed by atoms with Gasteiger partial charge < -0.3 is 5.32 Å². The standard InChI is InChI=1S/C23H18BrClN2OS2/c1-12-6-8-14-19(10-12)30-23(27-21(28)15-11-13(24)7-9-16(15)25)20(14)22-26-17-4-2-3-5-18(17)29-22/h2-5,7,9,11-12H,6,8,10H2,1H3,(H,27,28). The van der Waals surface area contributed by atoms with Gasteiger partial charge in [0.05, 0.1) is 20.8 Å². The van der Waals surface area contributed by atoms with Gasteiger partial charge in [-0.15, -0.1) is 22.7 Å². The molecule has 30 heavy (non-hydrogen) atoms. The zero-order valence-electron chi connectivity index (χ0n) is 16.2. The van der Waals surface area contributed by atoms with Crippen LogP contribution in [0.5, 0.6) is 0 Å². The topological polar surface area (TPSA) is 42.0 Å². The Morgan fingerprint density at radius 2 is 2.07 bits per heavy atom. The first-order valence-corrected chi connectivity index (χ1v) is 12.6. The van der Waals surface area contributed by atoms with E-state index in [9.17, 15) is 4.79 Å². The van der Waals surface area contributed by atoms with Crippen molar-refractivity contribution < 1.29 is 4.79 Å². The lowest BCUT2D eigenvalue weighted by Gasteiger charge is -2.18. The number of carbonyl (C=O) groups is 1. The molecule has 152 valence electrons. The minimum atomic E-state index is -0.199. The summed E-state index contributed by atoms with van der Waals surface area (Å²) in [6.45, 7) is 2.29. The van der Waals surface area contributed by atoms with Crippen molar-refractivity contribution in [3.8, 4) is 10.6 Å². The number of aromatic nitrogens is 1. The van der Waals surface area contributed by atoms with Crippen LogP contribution in [-0.4, -0.2) is 10.9 Å². The van der Waals surface area contributed by atoms with Gasteiger partial charge in [0, 0.05) is 14.9 Å². The maximum Gasteiger partial charge on any atom is 0.257 e. The van der Waals surface area contributed by atoms with Crippen molar-refractivity contribution in [1.29, 1.82) is 0 Å². The number of nitrogens with one attached hydrogen (secondary N) is 1. The highest BCUT2D eigenvalue weighted by Crippen LogP contribution is 2.47. The Labute approximate surface area is 196 Å². The molecule has 4 aromatic rings. The number of halogens is 2. The molecule has 7 heteroatoms. The molecule has 1 N–H and O–H groups in total. The summed E-state index contributed by atoms with van der Waals surface area (Å²) in [6, 6.07) is 13.5. The Morgan fingerprint density at radius 3 is 2.90 bits per heavy atom. The number of thiazole rings is 1. The predicted octanol–water partition coefficient (Wildman–Crippen LogP) is 7.82. The third-order valence-electron chi connectivity index (χ3n) is 5.42. The fraction of sp³-hybridized carbons (Fsp3) is 0.217. The van der Waals surface area contributed by atoms with E-state index in [0.29, 0.717) is 16.5 Å². The summed E-state index contributed by atoms with van der Waals surface area (Å²) in [5, 5.41) is 5.43. The second kappa shape index (κ2) is 8.08. The highest BCUT2D eigenvalue weighted by molar-refractivity contribution is 9.10. The summed E-state index contributed by atoms with van der Waals surface area (Å²) >= 11 is 13.1. The molecule has 1 atom stereocenters. The molecule has 0 bridgehead atoms. The Bertz CT molecular complexity index is 1250. The van der Waals surface area contributed by atoms with Crippen LogP contribution in [0.4, 0.5) is 5.00 Å². The summed E-state index contributed by atoms with van der Waals surface area (Å²) in [5.74, 6) is 0.456. The van der Waals surface area contributed by atoms with Crippen molar-refractivity contribution in [2.45, 2.75) is 26.2 Å². The largest absolute Gasteiger partial charge is 0.313 e. The molecule has 0 radical (unpaired) electrons. The Hall–Kier alpha value is -1.73. The number of nitrogens with zero attached hydrogens (tertiary/aromatic N) is 1. The number of para-hydroxylation sites is 1. The Morgan fingerprint density at radius 1 is 1.23 bits per heavy atom. The highest BCUT2D eigenvalue weighted by atomic mass is 79.9. The normalized spacial score (nSPS) is 15.9. The van der Waals surface area contributed by atoms with Gasteiger partial charge in [0.1, 0.15) is 10.0 Å². The fourth-order valence-corrected chi connectivity index (χ4v) is 6.97.